The normalized spacial score (nSPS) is 13.1. The van der Waals surface area contributed by atoms with Crippen molar-refractivity contribution in [1.82, 2.24) is 9.55 Å². The standard InChI is InChI=1S/C51H37N3/c1-51(2)45-18-7-3-12-39(45)40-31-30-37(32-46(40)51)53(34-24-22-33(23-25-34)38-16-11-17-44-41-13-4-8-19-47(41)52-50(38)44)35-26-28-36(29-27-35)54-48-20-9-5-14-42(48)43-15-6-10-21-49(43)54/h3-32,52H,1-2H3. The van der Waals surface area contributed by atoms with E-state index in [0.29, 0.717) is 0 Å². The highest BCUT2D eigenvalue weighted by molar-refractivity contribution is 6.12. The van der Waals surface area contributed by atoms with Crippen LogP contribution < -0.4 is 4.90 Å². The molecule has 2 aromatic heterocycles. The van der Waals surface area contributed by atoms with Crippen molar-refractivity contribution >= 4 is 60.7 Å². The van der Waals surface area contributed by atoms with Gasteiger partial charge in [-0.05, 0) is 94.5 Å². The van der Waals surface area contributed by atoms with Gasteiger partial charge in [0.1, 0.15) is 0 Å². The zero-order chi connectivity index (χ0) is 36.0. The molecule has 8 aromatic carbocycles. The zero-order valence-corrected chi connectivity index (χ0v) is 30.2. The van der Waals surface area contributed by atoms with Gasteiger partial charge in [0.25, 0.3) is 0 Å². The fraction of sp³-hybridized carbons (Fsp3) is 0.0588. The minimum atomic E-state index is -0.101. The number of hydrogen-bond acceptors (Lipinski definition) is 1. The van der Waals surface area contributed by atoms with E-state index in [1.165, 1.54) is 71.5 Å². The number of nitrogens with zero attached hydrogens (tertiary/aromatic N) is 2. The van der Waals surface area contributed by atoms with Crippen LogP contribution in [0.15, 0.2) is 182 Å². The van der Waals surface area contributed by atoms with E-state index in [4.69, 9.17) is 0 Å². The molecule has 0 unspecified atom stereocenters. The minimum absolute atomic E-state index is 0.101. The van der Waals surface area contributed by atoms with E-state index in [1.54, 1.807) is 0 Å². The molecule has 3 nitrogen and oxygen atoms in total. The van der Waals surface area contributed by atoms with E-state index in [1.807, 2.05) is 0 Å². The lowest BCUT2D eigenvalue weighted by atomic mass is 9.82. The highest BCUT2D eigenvalue weighted by Gasteiger charge is 2.35. The van der Waals surface area contributed by atoms with Gasteiger partial charge in [0.05, 0.1) is 16.6 Å². The molecule has 1 aliphatic rings. The molecule has 0 spiro atoms. The van der Waals surface area contributed by atoms with Gasteiger partial charge in [-0.3, -0.25) is 0 Å². The third kappa shape index (κ3) is 4.48. The van der Waals surface area contributed by atoms with Crippen LogP contribution in [0.25, 0.3) is 71.6 Å². The van der Waals surface area contributed by atoms with E-state index in [9.17, 15) is 0 Å². The van der Waals surface area contributed by atoms with Crippen molar-refractivity contribution in [3.05, 3.63) is 193 Å². The molecular weight excluding hydrogens is 655 g/mol. The van der Waals surface area contributed by atoms with E-state index in [-0.39, 0.29) is 5.41 Å². The number of benzene rings is 8. The molecule has 1 aliphatic carbocycles. The van der Waals surface area contributed by atoms with Crippen LogP contribution in [0, 0.1) is 0 Å². The van der Waals surface area contributed by atoms with Gasteiger partial charge >= 0.3 is 0 Å². The van der Waals surface area contributed by atoms with Crippen molar-refractivity contribution in [1.29, 1.82) is 0 Å². The average Bonchev–Trinajstić information content (AvgIpc) is 3.84. The van der Waals surface area contributed by atoms with Crippen molar-refractivity contribution in [2.45, 2.75) is 19.3 Å². The van der Waals surface area contributed by atoms with Crippen LogP contribution in [0.5, 0.6) is 0 Å². The Balaban J connectivity index is 1.05. The van der Waals surface area contributed by atoms with E-state index >= 15 is 0 Å². The Kier molecular flexibility index (Phi) is 6.60. The molecule has 0 radical (unpaired) electrons. The predicted octanol–water partition coefficient (Wildman–Crippen LogP) is 13.9. The molecule has 10 aromatic rings. The number of hydrogen-bond donors (Lipinski definition) is 1. The van der Waals surface area contributed by atoms with Crippen LogP contribution in [0.3, 0.4) is 0 Å². The first-order valence-electron chi connectivity index (χ1n) is 18.8. The molecule has 0 saturated heterocycles. The van der Waals surface area contributed by atoms with E-state index in [0.717, 1.165) is 28.3 Å². The molecule has 2 heterocycles. The molecule has 0 amide bonds. The number of anilines is 3. The highest BCUT2D eigenvalue weighted by Crippen LogP contribution is 2.50. The fourth-order valence-electron chi connectivity index (χ4n) is 9.13. The molecule has 11 rings (SSSR count). The smallest absolute Gasteiger partial charge is 0.0544 e. The maximum absolute atomic E-state index is 3.70. The Labute approximate surface area is 314 Å². The Morgan fingerprint density at radius 1 is 0.444 bits per heavy atom. The lowest BCUT2D eigenvalue weighted by Crippen LogP contribution is -2.16. The summed E-state index contributed by atoms with van der Waals surface area (Å²) in [6, 6.07) is 66.6. The first-order valence-corrected chi connectivity index (χ1v) is 18.8. The summed E-state index contributed by atoms with van der Waals surface area (Å²) in [6.07, 6.45) is 0. The number of nitrogens with one attached hydrogen (secondary N) is 1. The Hall–Kier alpha value is -6.84. The SMILES string of the molecule is CC1(C)c2ccccc2-c2ccc(N(c3ccc(-c4cccc5c4[nH]c4ccccc45)cc3)c3ccc(-n4c5ccccc5c5ccccc54)cc3)cc21. The molecule has 0 fully saturated rings. The number of aromatic amines is 1. The second-order valence-corrected chi connectivity index (χ2v) is 15.1. The monoisotopic (exact) mass is 691 g/mol. The van der Waals surface area contributed by atoms with Crippen LogP contribution in [0.1, 0.15) is 25.0 Å². The molecular formula is C51H37N3. The van der Waals surface area contributed by atoms with Crippen molar-refractivity contribution in [2.24, 2.45) is 0 Å². The van der Waals surface area contributed by atoms with Crippen LogP contribution in [0.2, 0.25) is 0 Å². The number of rotatable bonds is 5. The first-order chi connectivity index (χ1) is 26.5. The minimum Gasteiger partial charge on any atom is -0.354 e. The van der Waals surface area contributed by atoms with Gasteiger partial charge < -0.3 is 14.5 Å². The lowest BCUT2D eigenvalue weighted by molar-refractivity contribution is 0.660. The summed E-state index contributed by atoms with van der Waals surface area (Å²) in [5.41, 5.74) is 16.9. The van der Waals surface area contributed by atoms with Crippen molar-refractivity contribution in [2.75, 3.05) is 4.90 Å². The fourth-order valence-corrected chi connectivity index (χ4v) is 9.13. The number of fused-ring (bicyclic) bond motifs is 9. The molecule has 54 heavy (non-hydrogen) atoms. The summed E-state index contributed by atoms with van der Waals surface area (Å²) in [5, 5.41) is 5.04. The number of para-hydroxylation sites is 4. The van der Waals surface area contributed by atoms with Crippen LogP contribution in [-0.4, -0.2) is 9.55 Å². The quantitative estimate of drug-likeness (QED) is 0.191. The van der Waals surface area contributed by atoms with Gasteiger partial charge in [-0.25, -0.2) is 0 Å². The zero-order valence-electron chi connectivity index (χ0n) is 30.2. The Morgan fingerprint density at radius 3 is 1.74 bits per heavy atom. The van der Waals surface area contributed by atoms with Gasteiger partial charge in [-0.1, -0.05) is 129 Å². The lowest BCUT2D eigenvalue weighted by Gasteiger charge is -2.28. The third-order valence-electron chi connectivity index (χ3n) is 11.7. The number of aromatic nitrogens is 2. The van der Waals surface area contributed by atoms with Gasteiger partial charge in [0.2, 0.25) is 0 Å². The summed E-state index contributed by atoms with van der Waals surface area (Å²) in [4.78, 5) is 6.10. The average molecular weight is 692 g/mol. The van der Waals surface area contributed by atoms with Crippen molar-refractivity contribution < 1.29 is 0 Å². The van der Waals surface area contributed by atoms with Crippen LogP contribution >= 0.6 is 0 Å². The molecule has 1 N–H and O–H groups in total. The molecule has 0 aliphatic heterocycles. The molecule has 0 atom stereocenters. The summed E-state index contributed by atoms with van der Waals surface area (Å²) >= 11 is 0. The van der Waals surface area contributed by atoms with Gasteiger partial charge in [-0.2, -0.15) is 0 Å². The summed E-state index contributed by atoms with van der Waals surface area (Å²) in [7, 11) is 0. The topological polar surface area (TPSA) is 24.0 Å². The second kappa shape index (κ2) is 11.6. The maximum atomic E-state index is 3.70. The van der Waals surface area contributed by atoms with Crippen molar-refractivity contribution in [3.63, 3.8) is 0 Å². The Morgan fingerprint density at radius 2 is 1.00 bits per heavy atom. The summed E-state index contributed by atoms with van der Waals surface area (Å²) in [5.74, 6) is 0. The third-order valence-corrected chi connectivity index (χ3v) is 11.7. The molecule has 0 bridgehead atoms. The maximum Gasteiger partial charge on any atom is 0.0544 e. The van der Waals surface area contributed by atoms with E-state index in [2.05, 4.69) is 210 Å². The molecule has 3 heteroatoms. The van der Waals surface area contributed by atoms with Crippen LogP contribution in [-0.2, 0) is 5.41 Å². The van der Waals surface area contributed by atoms with Gasteiger partial charge in [-0.15, -0.1) is 0 Å². The number of H-pyrrole nitrogens is 1. The van der Waals surface area contributed by atoms with Crippen LogP contribution in [0.4, 0.5) is 17.1 Å². The van der Waals surface area contributed by atoms with Gasteiger partial charge in [0, 0.05) is 60.8 Å². The van der Waals surface area contributed by atoms with Crippen molar-refractivity contribution in [3.8, 4) is 27.9 Å². The van der Waals surface area contributed by atoms with E-state index < -0.39 is 0 Å². The largest absolute Gasteiger partial charge is 0.354 e. The summed E-state index contributed by atoms with van der Waals surface area (Å²) in [6.45, 7) is 4.71. The predicted molar refractivity (Wildman–Crippen MR) is 228 cm³/mol. The second-order valence-electron chi connectivity index (χ2n) is 15.1. The highest BCUT2D eigenvalue weighted by atomic mass is 15.1. The Bertz CT molecular complexity index is 3010. The molecule has 256 valence electrons. The first kappa shape index (κ1) is 30.8. The summed E-state index contributed by atoms with van der Waals surface area (Å²) < 4.78 is 2.38. The van der Waals surface area contributed by atoms with Gasteiger partial charge in [0.15, 0.2) is 0 Å². The molecule has 0 saturated carbocycles.